The molecular formula is C15H20Cl2N2O. The predicted molar refractivity (Wildman–Crippen MR) is 83.9 cm³/mol. The van der Waals surface area contributed by atoms with Crippen LogP contribution in [0.5, 0.6) is 0 Å². The summed E-state index contributed by atoms with van der Waals surface area (Å²) in [6, 6.07) is 6.65. The Morgan fingerprint density at radius 1 is 1.30 bits per heavy atom. The van der Waals surface area contributed by atoms with Crippen molar-refractivity contribution in [1.82, 2.24) is 10.2 Å². The van der Waals surface area contributed by atoms with Crippen LogP contribution in [0.25, 0.3) is 0 Å². The highest BCUT2D eigenvalue weighted by atomic mass is 35.5. The number of rotatable bonds is 1. The van der Waals surface area contributed by atoms with Crippen LogP contribution in [0.3, 0.4) is 0 Å². The zero-order valence-corrected chi connectivity index (χ0v) is 13.1. The molecule has 2 fully saturated rings. The molecule has 1 N–H and O–H groups in total. The summed E-state index contributed by atoms with van der Waals surface area (Å²) in [7, 11) is 0. The molecule has 0 aliphatic carbocycles. The van der Waals surface area contributed by atoms with Crippen molar-refractivity contribution >= 4 is 29.9 Å². The van der Waals surface area contributed by atoms with Crippen LogP contribution in [-0.2, 0) is 0 Å². The molecule has 0 radical (unpaired) electrons. The third-order valence-electron chi connectivity index (χ3n) is 4.23. The van der Waals surface area contributed by atoms with E-state index in [0.717, 1.165) is 25.1 Å². The van der Waals surface area contributed by atoms with Crippen LogP contribution in [0, 0.1) is 6.92 Å². The van der Waals surface area contributed by atoms with E-state index in [-0.39, 0.29) is 18.3 Å². The molecule has 1 amide bonds. The quantitative estimate of drug-likeness (QED) is 0.864. The van der Waals surface area contributed by atoms with Crippen LogP contribution in [-0.4, -0.2) is 36.0 Å². The van der Waals surface area contributed by atoms with E-state index in [9.17, 15) is 4.79 Å². The standard InChI is InChI=1S/C15H19ClN2O.ClH/c1-10-2-3-11(8-14(10)16)15(19)18-7-6-12-4-5-13(9-18)17-12;/h2-3,8,12-13,17H,4-7,9H2,1H3;1H. The van der Waals surface area contributed by atoms with Crippen molar-refractivity contribution < 1.29 is 4.79 Å². The van der Waals surface area contributed by atoms with Crippen LogP contribution in [0.2, 0.25) is 5.02 Å². The number of nitrogens with zero attached hydrogens (tertiary/aromatic N) is 1. The van der Waals surface area contributed by atoms with Gasteiger partial charge in [-0.2, -0.15) is 0 Å². The number of carbonyl (C=O) groups excluding carboxylic acids is 1. The fourth-order valence-corrected chi connectivity index (χ4v) is 3.22. The molecule has 1 aromatic rings. The molecule has 20 heavy (non-hydrogen) atoms. The Kier molecular flexibility index (Phi) is 4.95. The molecule has 2 atom stereocenters. The first kappa shape index (κ1) is 15.6. The highest BCUT2D eigenvalue weighted by Crippen LogP contribution is 2.23. The summed E-state index contributed by atoms with van der Waals surface area (Å²) in [5, 5.41) is 4.26. The SMILES string of the molecule is Cc1ccc(C(=O)N2CCC3CCC(C2)N3)cc1Cl.Cl. The van der Waals surface area contributed by atoms with Gasteiger partial charge in [0.15, 0.2) is 0 Å². The first-order chi connectivity index (χ1) is 9.13. The third-order valence-corrected chi connectivity index (χ3v) is 4.64. The van der Waals surface area contributed by atoms with E-state index in [1.165, 1.54) is 12.8 Å². The number of benzene rings is 1. The summed E-state index contributed by atoms with van der Waals surface area (Å²) in [5.41, 5.74) is 1.71. The third kappa shape index (κ3) is 3.11. The first-order valence-electron chi connectivity index (χ1n) is 6.95. The van der Waals surface area contributed by atoms with E-state index in [1.54, 1.807) is 6.07 Å². The van der Waals surface area contributed by atoms with Crippen LogP contribution in [0.15, 0.2) is 18.2 Å². The van der Waals surface area contributed by atoms with Crippen molar-refractivity contribution in [1.29, 1.82) is 0 Å². The lowest BCUT2D eigenvalue weighted by molar-refractivity contribution is 0.0748. The Labute approximate surface area is 131 Å². The molecular weight excluding hydrogens is 295 g/mol. The van der Waals surface area contributed by atoms with Gasteiger partial charge in [-0.05, 0) is 43.9 Å². The lowest BCUT2D eigenvalue weighted by atomic mass is 10.1. The van der Waals surface area contributed by atoms with E-state index in [2.05, 4.69) is 5.32 Å². The minimum atomic E-state index is 0. The molecule has 5 heteroatoms. The number of carbonyl (C=O) groups is 1. The number of likely N-dealkylation sites (tertiary alicyclic amines) is 1. The molecule has 110 valence electrons. The molecule has 2 bridgehead atoms. The molecule has 2 saturated heterocycles. The lowest BCUT2D eigenvalue weighted by Crippen LogP contribution is -2.39. The van der Waals surface area contributed by atoms with Gasteiger partial charge in [0, 0.05) is 35.8 Å². The predicted octanol–water partition coefficient (Wildman–Crippen LogP) is 3.04. The lowest BCUT2D eigenvalue weighted by Gasteiger charge is -2.24. The number of nitrogens with one attached hydrogen (secondary N) is 1. The Bertz CT molecular complexity index is 507. The van der Waals surface area contributed by atoms with Gasteiger partial charge in [0.1, 0.15) is 0 Å². The van der Waals surface area contributed by atoms with E-state index in [0.29, 0.717) is 22.7 Å². The van der Waals surface area contributed by atoms with Crippen molar-refractivity contribution in [2.24, 2.45) is 0 Å². The maximum Gasteiger partial charge on any atom is 0.253 e. The summed E-state index contributed by atoms with van der Waals surface area (Å²) in [6.45, 7) is 3.62. The number of hydrogen-bond acceptors (Lipinski definition) is 2. The molecule has 0 spiro atoms. The highest BCUT2D eigenvalue weighted by Gasteiger charge is 2.31. The topological polar surface area (TPSA) is 32.3 Å². The van der Waals surface area contributed by atoms with Crippen molar-refractivity contribution in [3.63, 3.8) is 0 Å². The largest absolute Gasteiger partial charge is 0.337 e. The molecule has 3 rings (SSSR count). The minimum Gasteiger partial charge on any atom is -0.337 e. The van der Waals surface area contributed by atoms with E-state index < -0.39 is 0 Å². The van der Waals surface area contributed by atoms with Crippen LogP contribution >= 0.6 is 24.0 Å². The van der Waals surface area contributed by atoms with Gasteiger partial charge < -0.3 is 10.2 Å². The van der Waals surface area contributed by atoms with Crippen molar-refractivity contribution in [2.45, 2.75) is 38.3 Å². The van der Waals surface area contributed by atoms with Gasteiger partial charge in [0.2, 0.25) is 0 Å². The first-order valence-corrected chi connectivity index (χ1v) is 7.33. The molecule has 2 heterocycles. The Morgan fingerprint density at radius 3 is 2.80 bits per heavy atom. The summed E-state index contributed by atoms with van der Waals surface area (Å²) in [6.07, 6.45) is 3.49. The van der Waals surface area contributed by atoms with Crippen molar-refractivity contribution in [2.75, 3.05) is 13.1 Å². The van der Waals surface area contributed by atoms with Crippen LogP contribution < -0.4 is 5.32 Å². The Balaban J connectivity index is 0.00000147. The van der Waals surface area contributed by atoms with Crippen molar-refractivity contribution in [3.8, 4) is 0 Å². The summed E-state index contributed by atoms with van der Waals surface area (Å²) >= 11 is 6.11. The smallest absolute Gasteiger partial charge is 0.253 e. The monoisotopic (exact) mass is 314 g/mol. The second-order valence-electron chi connectivity index (χ2n) is 5.64. The van der Waals surface area contributed by atoms with Gasteiger partial charge in [-0.3, -0.25) is 4.79 Å². The summed E-state index contributed by atoms with van der Waals surface area (Å²) in [4.78, 5) is 14.5. The molecule has 3 nitrogen and oxygen atoms in total. The van der Waals surface area contributed by atoms with Gasteiger partial charge in [-0.15, -0.1) is 12.4 Å². The fraction of sp³-hybridized carbons (Fsp3) is 0.533. The van der Waals surface area contributed by atoms with Gasteiger partial charge in [0.25, 0.3) is 5.91 Å². The summed E-state index contributed by atoms with van der Waals surface area (Å²) < 4.78 is 0. The maximum atomic E-state index is 12.5. The van der Waals surface area contributed by atoms with E-state index in [4.69, 9.17) is 11.6 Å². The van der Waals surface area contributed by atoms with Gasteiger partial charge in [0.05, 0.1) is 0 Å². The second-order valence-corrected chi connectivity index (χ2v) is 6.05. The number of hydrogen-bond donors (Lipinski definition) is 1. The molecule has 2 unspecified atom stereocenters. The number of aryl methyl sites for hydroxylation is 1. The summed E-state index contributed by atoms with van der Waals surface area (Å²) in [5.74, 6) is 0.108. The Morgan fingerprint density at radius 2 is 2.05 bits per heavy atom. The van der Waals surface area contributed by atoms with Gasteiger partial charge in [-0.25, -0.2) is 0 Å². The zero-order valence-electron chi connectivity index (χ0n) is 11.6. The average molecular weight is 315 g/mol. The molecule has 2 aliphatic heterocycles. The number of amides is 1. The Hall–Kier alpha value is -0.770. The molecule has 0 saturated carbocycles. The minimum absolute atomic E-state index is 0. The zero-order chi connectivity index (χ0) is 13.4. The highest BCUT2D eigenvalue weighted by molar-refractivity contribution is 6.31. The average Bonchev–Trinajstić information content (AvgIpc) is 2.72. The normalized spacial score (nSPS) is 25.0. The van der Waals surface area contributed by atoms with E-state index in [1.807, 2.05) is 24.0 Å². The number of halogens is 2. The fourth-order valence-electron chi connectivity index (χ4n) is 3.04. The molecule has 0 aromatic heterocycles. The second kappa shape index (κ2) is 6.33. The molecule has 2 aliphatic rings. The van der Waals surface area contributed by atoms with Crippen molar-refractivity contribution in [3.05, 3.63) is 34.3 Å². The van der Waals surface area contributed by atoms with E-state index >= 15 is 0 Å². The van der Waals surface area contributed by atoms with Gasteiger partial charge >= 0.3 is 0 Å². The van der Waals surface area contributed by atoms with Crippen LogP contribution in [0.1, 0.15) is 35.2 Å². The maximum absolute atomic E-state index is 12.5. The van der Waals surface area contributed by atoms with Gasteiger partial charge in [-0.1, -0.05) is 17.7 Å². The number of fused-ring (bicyclic) bond motifs is 2. The van der Waals surface area contributed by atoms with Crippen LogP contribution in [0.4, 0.5) is 0 Å². The molecule has 1 aromatic carbocycles.